The number of likely N-dealkylation sites (tertiary alicyclic amines) is 1. The first-order valence-corrected chi connectivity index (χ1v) is 8.13. The quantitative estimate of drug-likeness (QED) is 0.841. The molecule has 3 heteroatoms. The van der Waals surface area contributed by atoms with Crippen LogP contribution in [0.1, 0.15) is 18.4 Å². The fourth-order valence-corrected chi connectivity index (χ4v) is 2.77. The second kappa shape index (κ2) is 7.85. The first-order valence-electron chi connectivity index (χ1n) is 8.13. The Morgan fingerprint density at radius 3 is 2.36 bits per heavy atom. The summed E-state index contributed by atoms with van der Waals surface area (Å²) in [5.41, 5.74) is 2.35. The molecule has 2 aromatic rings. The molecule has 0 unspecified atom stereocenters. The van der Waals surface area contributed by atoms with E-state index < -0.39 is 0 Å². The van der Waals surface area contributed by atoms with Gasteiger partial charge in [-0.2, -0.15) is 0 Å². The molecule has 0 spiro atoms. The maximum Gasteiger partial charge on any atom is 0.119 e. The number of hydrogen-bond acceptors (Lipinski definition) is 3. The Kier molecular flexibility index (Phi) is 5.32. The van der Waals surface area contributed by atoms with E-state index in [1.807, 2.05) is 30.3 Å². The molecular weight excluding hydrogens is 272 g/mol. The Bertz CT molecular complexity index is 547. The topological polar surface area (TPSA) is 24.5 Å². The number of hydrogen-bond donors (Lipinski definition) is 1. The average Bonchev–Trinajstić information content (AvgIpc) is 3.08. The second-order valence-electron chi connectivity index (χ2n) is 5.77. The summed E-state index contributed by atoms with van der Waals surface area (Å²) in [6, 6.07) is 18.5. The molecule has 3 rings (SSSR count). The maximum atomic E-state index is 5.80. The van der Waals surface area contributed by atoms with Gasteiger partial charge in [-0.05, 0) is 55.8 Å². The fourth-order valence-electron chi connectivity index (χ4n) is 2.77. The van der Waals surface area contributed by atoms with E-state index >= 15 is 0 Å². The lowest BCUT2D eigenvalue weighted by atomic mass is 10.2. The summed E-state index contributed by atoms with van der Waals surface area (Å²) in [6.07, 6.45) is 2.71. The largest absolute Gasteiger partial charge is 0.489 e. The van der Waals surface area contributed by atoms with Gasteiger partial charge in [-0.3, -0.25) is 0 Å². The third-order valence-corrected chi connectivity index (χ3v) is 4.06. The smallest absolute Gasteiger partial charge is 0.119 e. The van der Waals surface area contributed by atoms with Crippen molar-refractivity contribution in [1.82, 2.24) is 4.90 Å². The van der Waals surface area contributed by atoms with Crippen LogP contribution in [0.3, 0.4) is 0 Å². The minimum absolute atomic E-state index is 0.614. The lowest BCUT2D eigenvalue weighted by molar-refractivity contribution is 0.306. The van der Waals surface area contributed by atoms with E-state index in [1.165, 1.54) is 31.5 Å². The van der Waals surface area contributed by atoms with Crippen LogP contribution in [-0.2, 0) is 6.61 Å². The Balaban J connectivity index is 1.41. The number of benzene rings is 2. The van der Waals surface area contributed by atoms with E-state index in [1.54, 1.807) is 0 Å². The van der Waals surface area contributed by atoms with Gasteiger partial charge in [-0.25, -0.2) is 0 Å². The number of anilines is 1. The summed E-state index contributed by atoms with van der Waals surface area (Å²) in [4.78, 5) is 2.52. The zero-order chi connectivity index (χ0) is 15.0. The van der Waals surface area contributed by atoms with Crippen molar-refractivity contribution in [1.29, 1.82) is 0 Å². The van der Waals surface area contributed by atoms with Gasteiger partial charge in [0.1, 0.15) is 12.4 Å². The van der Waals surface area contributed by atoms with Crippen LogP contribution < -0.4 is 10.1 Å². The van der Waals surface area contributed by atoms with Gasteiger partial charge in [0.15, 0.2) is 0 Å². The van der Waals surface area contributed by atoms with Crippen LogP contribution in [0.5, 0.6) is 5.75 Å². The van der Waals surface area contributed by atoms with Crippen LogP contribution >= 0.6 is 0 Å². The molecule has 0 atom stereocenters. The van der Waals surface area contributed by atoms with Crippen molar-refractivity contribution >= 4 is 5.69 Å². The molecule has 0 radical (unpaired) electrons. The van der Waals surface area contributed by atoms with Crippen LogP contribution in [0, 0.1) is 0 Å². The van der Waals surface area contributed by atoms with Gasteiger partial charge in [-0.1, -0.05) is 30.3 Å². The van der Waals surface area contributed by atoms with E-state index in [0.29, 0.717) is 6.61 Å². The van der Waals surface area contributed by atoms with Crippen LogP contribution in [0.25, 0.3) is 0 Å². The van der Waals surface area contributed by atoms with Crippen LogP contribution in [0.4, 0.5) is 5.69 Å². The second-order valence-corrected chi connectivity index (χ2v) is 5.77. The zero-order valence-electron chi connectivity index (χ0n) is 13.0. The summed E-state index contributed by atoms with van der Waals surface area (Å²) in [5.74, 6) is 0.911. The first-order chi connectivity index (χ1) is 10.9. The van der Waals surface area contributed by atoms with Crippen molar-refractivity contribution in [2.45, 2.75) is 19.4 Å². The van der Waals surface area contributed by atoms with Crippen molar-refractivity contribution in [2.75, 3.05) is 31.5 Å². The van der Waals surface area contributed by atoms with E-state index in [4.69, 9.17) is 4.74 Å². The van der Waals surface area contributed by atoms with E-state index in [0.717, 1.165) is 24.5 Å². The zero-order valence-corrected chi connectivity index (χ0v) is 13.0. The van der Waals surface area contributed by atoms with Gasteiger partial charge in [0.25, 0.3) is 0 Å². The van der Waals surface area contributed by atoms with Gasteiger partial charge < -0.3 is 15.0 Å². The Morgan fingerprint density at radius 2 is 1.64 bits per heavy atom. The maximum absolute atomic E-state index is 5.80. The minimum Gasteiger partial charge on any atom is -0.489 e. The predicted octanol–water partition coefficient (Wildman–Crippen LogP) is 3.77. The molecule has 3 nitrogen and oxygen atoms in total. The van der Waals surface area contributed by atoms with Crippen molar-refractivity contribution in [3.63, 3.8) is 0 Å². The van der Waals surface area contributed by atoms with Gasteiger partial charge in [0, 0.05) is 18.8 Å². The molecule has 1 heterocycles. The number of ether oxygens (including phenoxy) is 1. The van der Waals surface area contributed by atoms with Crippen LogP contribution in [-0.4, -0.2) is 31.1 Å². The molecule has 116 valence electrons. The molecule has 0 bridgehead atoms. The van der Waals surface area contributed by atoms with E-state index in [-0.39, 0.29) is 0 Å². The number of nitrogens with zero attached hydrogens (tertiary/aromatic N) is 1. The van der Waals surface area contributed by atoms with Gasteiger partial charge in [0.05, 0.1) is 0 Å². The van der Waals surface area contributed by atoms with Crippen molar-refractivity contribution < 1.29 is 4.74 Å². The molecule has 1 fully saturated rings. The molecule has 22 heavy (non-hydrogen) atoms. The summed E-state index contributed by atoms with van der Waals surface area (Å²) in [6.45, 7) is 5.26. The molecule has 1 saturated heterocycles. The predicted molar refractivity (Wildman–Crippen MR) is 91.4 cm³/mol. The summed E-state index contributed by atoms with van der Waals surface area (Å²) in [5, 5.41) is 3.48. The number of nitrogens with one attached hydrogen (secondary N) is 1. The van der Waals surface area contributed by atoms with E-state index in [2.05, 4.69) is 34.5 Å². The highest BCUT2D eigenvalue weighted by Gasteiger charge is 2.09. The Morgan fingerprint density at radius 1 is 0.909 bits per heavy atom. The highest BCUT2D eigenvalue weighted by molar-refractivity contribution is 5.46. The summed E-state index contributed by atoms with van der Waals surface area (Å²) in [7, 11) is 0. The SMILES string of the molecule is c1ccc(COc2ccc(NCCN3CCCC3)cc2)cc1. The highest BCUT2D eigenvalue weighted by atomic mass is 16.5. The highest BCUT2D eigenvalue weighted by Crippen LogP contribution is 2.17. The summed E-state index contributed by atoms with van der Waals surface area (Å²) < 4.78 is 5.80. The van der Waals surface area contributed by atoms with Crippen molar-refractivity contribution in [2.24, 2.45) is 0 Å². The standard InChI is InChI=1S/C19H24N2O/c1-2-6-17(7-3-1)16-22-19-10-8-18(9-11-19)20-12-15-21-13-4-5-14-21/h1-3,6-11,20H,4-5,12-16H2. The molecule has 2 aromatic carbocycles. The van der Waals surface area contributed by atoms with Crippen LogP contribution in [0.15, 0.2) is 54.6 Å². The number of rotatable bonds is 7. The Hall–Kier alpha value is -2.00. The molecule has 0 aliphatic carbocycles. The molecule has 1 N–H and O–H groups in total. The fraction of sp³-hybridized carbons (Fsp3) is 0.368. The third kappa shape index (κ3) is 4.50. The summed E-state index contributed by atoms with van der Waals surface area (Å²) >= 11 is 0. The third-order valence-electron chi connectivity index (χ3n) is 4.06. The molecule has 1 aliphatic rings. The molecule has 0 amide bonds. The first kappa shape index (κ1) is 14.9. The van der Waals surface area contributed by atoms with E-state index in [9.17, 15) is 0 Å². The Labute approximate surface area is 132 Å². The molecule has 0 saturated carbocycles. The normalized spacial score (nSPS) is 14.9. The van der Waals surface area contributed by atoms with Crippen molar-refractivity contribution in [3.05, 3.63) is 60.2 Å². The minimum atomic E-state index is 0.614. The lowest BCUT2D eigenvalue weighted by Gasteiger charge is -2.15. The molecule has 0 aromatic heterocycles. The monoisotopic (exact) mass is 296 g/mol. The average molecular weight is 296 g/mol. The van der Waals surface area contributed by atoms with Crippen LogP contribution in [0.2, 0.25) is 0 Å². The lowest BCUT2D eigenvalue weighted by Crippen LogP contribution is -2.25. The van der Waals surface area contributed by atoms with Crippen molar-refractivity contribution in [3.8, 4) is 5.75 Å². The van der Waals surface area contributed by atoms with Gasteiger partial charge >= 0.3 is 0 Å². The molecule has 1 aliphatic heterocycles. The molecular formula is C19H24N2O. The van der Waals surface area contributed by atoms with Gasteiger partial charge in [0.2, 0.25) is 0 Å². The van der Waals surface area contributed by atoms with Gasteiger partial charge in [-0.15, -0.1) is 0 Å².